The average molecular weight is 215 g/mol. The lowest BCUT2D eigenvalue weighted by Crippen LogP contribution is -2.24. The van der Waals surface area contributed by atoms with Crippen molar-refractivity contribution in [3.05, 3.63) is 21.5 Å². The van der Waals surface area contributed by atoms with Crippen molar-refractivity contribution in [3.8, 4) is 0 Å². The average Bonchev–Trinajstić information content (AvgIpc) is 2.22. The Morgan fingerprint density at radius 1 is 1.27 bits per heavy atom. The summed E-state index contributed by atoms with van der Waals surface area (Å²) in [6, 6.07) is 0. The molecule has 0 amide bonds. The fraction of sp³-hybridized carbons (Fsp3) is 0.800. The lowest BCUT2D eigenvalue weighted by atomic mass is 10.1. The second kappa shape index (κ2) is 8.23. The van der Waals surface area contributed by atoms with Crippen LogP contribution in [0.5, 0.6) is 0 Å². The van der Waals surface area contributed by atoms with Crippen LogP contribution in [0.25, 0.3) is 0 Å². The molecule has 0 fully saturated rings. The molecule has 0 aliphatic rings. The SMILES string of the molecule is CCCCC(NN)=C(CCCC)[N+](=O)[O-]. The quantitative estimate of drug-likeness (QED) is 0.370. The van der Waals surface area contributed by atoms with E-state index in [9.17, 15) is 10.1 Å². The van der Waals surface area contributed by atoms with Gasteiger partial charge in [0.1, 0.15) is 0 Å². The molecule has 15 heavy (non-hydrogen) atoms. The first-order valence-corrected chi connectivity index (χ1v) is 5.50. The lowest BCUT2D eigenvalue weighted by Gasteiger charge is -2.07. The fourth-order valence-corrected chi connectivity index (χ4v) is 1.35. The highest BCUT2D eigenvalue weighted by Crippen LogP contribution is 2.15. The molecule has 0 bridgehead atoms. The minimum atomic E-state index is -0.319. The number of hydrogen-bond acceptors (Lipinski definition) is 4. The summed E-state index contributed by atoms with van der Waals surface area (Å²) in [7, 11) is 0. The van der Waals surface area contributed by atoms with Gasteiger partial charge in [-0.1, -0.05) is 26.7 Å². The van der Waals surface area contributed by atoms with Gasteiger partial charge in [-0.25, -0.2) is 0 Å². The first-order valence-electron chi connectivity index (χ1n) is 5.50. The van der Waals surface area contributed by atoms with Gasteiger partial charge >= 0.3 is 0 Å². The van der Waals surface area contributed by atoms with Gasteiger partial charge in [0.25, 0.3) is 5.70 Å². The monoisotopic (exact) mass is 215 g/mol. The third-order valence-corrected chi connectivity index (χ3v) is 2.29. The predicted octanol–water partition coefficient (Wildman–Crippen LogP) is 2.32. The Hall–Kier alpha value is -1.10. The Morgan fingerprint density at radius 2 is 1.80 bits per heavy atom. The van der Waals surface area contributed by atoms with E-state index in [1.165, 1.54) is 0 Å². The highest BCUT2D eigenvalue weighted by Gasteiger charge is 2.16. The third kappa shape index (κ3) is 5.37. The van der Waals surface area contributed by atoms with E-state index in [0.717, 1.165) is 25.7 Å². The highest BCUT2D eigenvalue weighted by molar-refractivity contribution is 5.04. The minimum absolute atomic E-state index is 0.243. The molecule has 0 aromatic heterocycles. The smallest absolute Gasteiger partial charge is 0.266 e. The third-order valence-electron chi connectivity index (χ3n) is 2.29. The van der Waals surface area contributed by atoms with Crippen LogP contribution >= 0.6 is 0 Å². The summed E-state index contributed by atoms with van der Waals surface area (Å²) < 4.78 is 0. The van der Waals surface area contributed by atoms with Crippen LogP contribution in [0.2, 0.25) is 0 Å². The lowest BCUT2D eigenvalue weighted by molar-refractivity contribution is -0.429. The van der Waals surface area contributed by atoms with Gasteiger partial charge in [0.05, 0.1) is 10.6 Å². The van der Waals surface area contributed by atoms with Crippen LogP contribution in [-0.2, 0) is 0 Å². The Labute approximate surface area is 90.8 Å². The van der Waals surface area contributed by atoms with Crippen LogP contribution in [0.15, 0.2) is 11.4 Å². The molecule has 0 spiro atoms. The first kappa shape index (κ1) is 13.9. The summed E-state index contributed by atoms with van der Waals surface area (Å²) >= 11 is 0. The molecule has 5 nitrogen and oxygen atoms in total. The molecule has 0 saturated heterocycles. The van der Waals surface area contributed by atoms with Gasteiger partial charge < -0.3 is 5.43 Å². The van der Waals surface area contributed by atoms with Gasteiger partial charge in [0.15, 0.2) is 0 Å². The summed E-state index contributed by atoms with van der Waals surface area (Å²) in [5.41, 5.74) is 3.29. The number of nitrogens with one attached hydrogen (secondary N) is 1. The molecule has 0 aliphatic carbocycles. The normalized spacial score (nSPS) is 12.2. The summed E-state index contributed by atoms with van der Waals surface area (Å²) in [5, 5.41) is 10.8. The zero-order chi connectivity index (χ0) is 11.7. The maximum absolute atomic E-state index is 10.8. The van der Waals surface area contributed by atoms with Crippen LogP contribution in [0.4, 0.5) is 0 Å². The zero-order valence-corrected chi connectivity index (χ0v) is 9.58. The van der Waals surface area contributed by atoms with E-state index in [1.807, 2.05) is 13.8 Å². The number of unbranched alkanes of at least 4 members (excludes halogenated alkanes) is 2. The first-order chi connectivity index (χ1) is 7.17. The largest absolute Gasteiger partial charge is 0.322 e. The molecule has 88 valence electrons. The molecule has 3 N–H and O–H groups in total. The van der Waals surface area contributed by atoms with E-state index in [-0.39, 0.29) is 10.6 Å². The van der Waals surface area contributed by atoms with Crippen LogP contribution in [0.1, 0.15) is 52.4 Å². The molecule has 0 aromatic carbocycles. The van der Waals surface area contributed by atoms with E-state index in [4.69, 9.17) is 5.84 Å². The molecular formula is C10H21N3O2. The van der Waals surface area contributed by atoms with Crippen molar-refractivity contribution in [2.75, 3.05) is 0 Å². The number of allylic oxidation sites excluding steroid dienone is 2. The van der Waals surface area contributed by atoms with Crippen molar-refractivity contribution in [3.63, 3.8) is 0 Å². The van der Waals surface area contributed by atoms with Crippen molar-refractivity contribution in [1.29, 1.82) is 0 Å². The van der Waals surface area contributed by atoms with E-state index in [1.54, 1.807) is 0 Å². The van der Waals surface area contributed by atoms with Gasteiger partial charge in [-0.05, 0) is 19.3 Å². The van der Waals surface area contributed by atoms with Crippen LogP contribution in [-0.4, -0.2) is 4.92 Å². The summed E-state index contributed by atoms with van der Waals surface area (Å²) in [5.74, 6) is 5.31. The Kier molecular flexibility index (Phi) is 7.62. The summed E-state index contributed by atoms with van der Waals surface area (Å²) in [4.78, 5) is 10.5. The number of hydrogen-bond donors (Lipinski definition) is 2. The molecule has 5 heteroatoms. The molecule has 0 unspecified atom stereocenters. The Bertz CT molecular complexity index is 227. The van der Waals surface area contributed by atoms with Crippen LogP contribution in [0, 0.1) is 10.1 Å². The zero-order valence-electron chi connectivity index (χ0n) is 9.58. The Morgan fingerprint density at radius 3 is 2.20 bits per heavy atom. The van der Waals surface area contributed by atoms with Gasteiger partial charge in [-0.3, -0.25) is 16.0 Å². The van der Waals surface area contributed by atoms with E-state index < -0.39 is 0 Å². The van der Waals surface area contributed by atoms with E-state index >= 15 is 0 Å². The van der Waals surface area contributed by atoms with Gasteiger partial charge in [-0.2, -0.15) is 0 Å². The molecular weight excluding hydrogens is 194 g/mol. The van der Waals surface area contributed by atoms with E-state index in [2.05, 4.69) is 5.43 Å². The van der Waals surface area contributed by atoms with Crippen molar-refractivity contribution in [2.24, 2.45) is 5.84 Å². The van der Waals surface area contributed by atoms with Gasteiger partial charge in [0, 0.05) is 6.42 Å². The number of nitrogens with two attached hydrogens (primary N) is 1. The predicted molar refractivity (Wildman–Crippen MR) is 60.4 cm³/mol. The van der Waals surface area contributed by atoms with Gasteiger partial charge in [0.2, 0.25) is 0 Å². The van der Waals surface area contributed by atoms with E-state index in [0.29, 0.717) is 18.5 Å². The standard InChI is InChI=1S/C10H21N3O2/c1-3-5-7-9(12-11)10(13(14)15)8-6-4-2/h12H,3-8,11H2,1-2H3. The molecule has 0 heterocycles. The second-order valence-corrected chi connectivity index (χ2v) is 3.53. The maximum Gasteiger partial charge on any atom is 0.266 e. The van der Waals surface area contributed by atoms with Crippen molar-refractivity contribution in [1.82, 2.24) is 5.43 Å². The number of rotatable bonds is 8. The van der Waals surface area contributed by atoms with Gasteiger partial charge in [-0.15, -0.1) is 0 Å². The summed E-state index contributed by atoms with van der Waals surface area (Å²) in [6.07, 6.45) is 4.85. The molecule has 0 radical (unpaired) electrons. The van der Waals surface area contributed by atoms with Crippen molar-refractivity contribution >= 4 is 0 Å². The minimum Gasteiger partial charge on any atom is -0.322 e. The van der Waals surface area contributed by atoms with Crippen molar-refractivity contribution < 1.29 is 4.92 Å². The fourth-order valence-electron chi connectivity index (χ4n) is 1.35. The second-order valence-electron chi connectivity index (χ2n) is 3.53. The summed E-state index contributed by atoms with van der Waals surface area (Å²) in [6.45, 7) is 4.06. The maximum atomic E-state index is 10.8. The topological polar surface area (TPSA) is 81.2 Å². The molecule has 0 rings (SSSR count). The van der Waals surface area contributed by atoms with Crippen molar-refractivity contribution in [2.45, 2.75) is 52.4 Å². The Balaban J connectivity index is 4.58. The molecule has 0 aliphatic heterocycles. The number of nitro groups is 1. The van der Waals surface area contributed by atoms with Crippen LogP contribution in [0.3, 0.4) is 0 Å². The molecule has 0 atom stereocenters. The van der Waals surface area contributed by atoms with Crippen LogP contribution < -0.4 is 11.3 Å². The number of hydrazine groups is 1. The number of nitrogens with zero attached hydrogens (tertiary/aromatic N) is 1. The molecule has 0 saturated carbocycles. The highest BCUT2D eigenvalue weighted by atomic mass is 16.6. The molecule has 0 aromatic rings.